The highest BCUT2D eigenvalue weighted by Gasteiger charge is 2.18. The molecule has 1 rings (SSSR count). The van der Waals surface area contributed by atoms with Gasteiger partial charge in [-0.3, -0.25) is 0 Å². The minimum Gasteiger partial charge on any atom is -0.496 e. The van der Waals surface area contributed by atoms with Crippen LogP contribution in [0.25, 0.3) is 0 Å². The van der Waals surface area contributed by atoms with Gasteiger partial charge < -0.3 is 10.1 Å². The maximum Gasteiger partial charge on any atom is 0.123 e. The van der Waals surface area contributed by atoms with E-state index >= 15 is 0 Å². The zero-order chi connectivity index (χ0) is 14.3. The fraction of sp³-hybridized carbons (Fsp3) is 0.647. The summed E-state index contributed by atoms with van der Waals surface area (Å²) in [4.78, 5) is 0. The molecule has 0 bridgehead atoms. The van der Waals surface area contributed by atoms with Gasteiger partial charge in [-0.25, -0.2) is 0 Å². The summed E-state index contributed by atoms with van der Waals surface area (Å²) in [7, 11) is 1.76. The molecule has 0 aliphatic rings. The Morgan fingerprint density at radius 2 is 2.00 bits per heavy atom. The van der Waals surface area contributed by atoms with Gasteiger partial charge in [0.1, 0.15) is 5.75 Å². The number of benzene rings is 1. The maximum atomic E-state index is 5.53. The normalized spacial score (nSPS) is 14.2. The van der Waals surface area contributed by atoms with Crippen molar-refractivity contribution in [1.82, 2.24) is 5.32 Å². The molecule has 0 aromatic heterocycles. The topological polar surface area (TPSA) is 21.3 Å². The van der Waals surface area contributed by atoms with Gasteiger partial charge in [-0.15, -0.1) is 0 Å². The third kappa shape index (κ3) is 4.87. The van der Waals surface area contributed by atoms with E-state index in [1.54, 1.807) is 7.11 Å². The summed E-state index contributed by atoms with van der Waals surface area (Å²) in [6.07, 6.45) is 3.71. The number of rotatable bonds is 8. The number of methoxy groups -OCH3 is 1. The van der Waals surface area contributed by atoms with Crippen molar-refractivity contribution in [3.63, 3.8) is 0 Å². The number of nitrogens with one attached hydrogen (secondary N) is 1. The Labute approximate surface area is 118 Å². The van der Waals surface area contributed by atoms with Crippen molar-refractivity contribution in [3.8, 4) is 5.75 Å². The zero-order valence-corrected chi connectivity index (χ0v) is 13.1. The third-order valence-corrected chi connectivity index (χ3v) is 3.63. The molecule has 0 spiro atoms. The van der Waals surface area contributed by atoms with Crippen molar-refractivity contribution in [3.05, 3.63) is 29.3 Å². The van der Waals surface area contributed by atoms with E-state index in [1.807, 2.05) is 0 Å². The van der Waals surface area contributed by atoms with E-state index in [0.29, 0.717) is 6.04 Å². The smallest absolute Gasteiger partial charge is 0.123 e. The predicted octanol–water partition coefficient (Wildman–Crippen LogP) is 4.48. The summed E-state index contributed by atoms with van der Waals surface area (Å²) in [5.74, 6) is 1.74. The van der Waals surface area contributed by atoms with Gasteiger partial charge in [-0.05, 0) is 31.9 Å². The lowest BCUT2D eigenvalue weighted by molar-refractivity contribution is 0.368. The van der Waals surface area contributed by atoms with Crippen molar-refractivity contribution in [2.24, 2.45) is 5.92 Å². The monoisotopic (exact) mass is 263 g/mol. The molecule has 0 amide bonds. The number of hydrogen-bond acceptors (Lipinski definition) is 2. The van der Waals surface area contributed by atoms with Gasteiger partial charge in [0, 0.05) is 11.6 Å². The number of ether oxygens (including phenoxy) is 1. The molecule has 2 unspecified atom stereocenters. The first-order chi connectivity index (χ1) is 9.12. The highest BCUT2D eigenvalue weighted by Crippen LogP contribution is 2.31. The predicted molar refractivity (Wildman–Crippen MR) is 82.8 cm³/mol. The molecule has 0 saturated carbocycles. The summed E-state index contributed by atoms with van der Waals surface area (Å²) < 4.78 is 5.53. The molecule has 0 aliphatic carbocycles. The average Bonchev–Trinajstić information content (AvgIpc) is 2.38. The standard InChI is InChI=1S/C17H29NO/c1-6-8-13(3)12-16(18-7-2)15-11-14(4)9-10-17(15)19-5/h9-11,13,16,18H,6-8,12H2,1-5H3. The second kappa shape index (κ2) is 8.21. The number of aryl methyl sites for hydroxylation is 1. The Bertz CT molecular complexity index is 376. The molecular formula is C17H29NO. The molecular weight excluding hydrogens is 234 g/mol. The lowest BCUT2D eigenvalue weighted by Crippen LogP contribution is -2.23. The molecule has 0 saturated heterocycles. The highest BCUT2D eigenvalue weighted by molar-refractivity contribution is 5.39. The van der Waals surface area contributed by atoms with E-state index in [9.17, 15) is 0 Å². The zero-order valence-electron chi connectivity index (χ0n) is 13.1. The van der Waals surface area contributed by atoms with Crippen LogP contribution < -0.4 is 10.1 Å². The quantitative estimate of drug-likeness (QED) is 0.746. The fourth-order valence-electron chi connectivity index (χ4n) is 2.71. The molecule has 1 aromatic rings. The highest BCUT2D eigenvalue weighted by atomic mass is 16.5. The van der Waals surface area contributed by atoms with Crippen molar-refractivity contribution >= 4 is 0 Å². The Morgan fingerprint density at radius 3 is 2.58 bits per heavy atom. The average molecular weight is 263 g/mol. The summed E-state index contributed by atoms with van der Waals surface area (Å²) in [5.41, 5.74) is 2.59. The van der Waals surface area contributed by atoms with E-state index < -0.39 is 0 Å². The second-order valence-corrected chi connectivity index (χ2v) is 5.49. The molecule has 0 aliphatic heterocycles. The largest absolute Gasteiger partial charge is 0.496 e. The lowest BCUT2D eigenvalue weighted by Gasteiger charge is -2.24. The van der Waals surface area contributed by atoms with Crippen molar-refractivity contribution in [1.29, 1.82) is 0 Å². The van der Waals surface area contributed by atoms with Crippen LogP contribution in [0.3, 0.4) is 0 Å². The van der Waals surface area contributed by atoms with Crippen LogP contribution in [0, 0.1) is 12.8 Å². The van der Waals surface area contributed by atoms with Gasteiger partial charge in [0.15, 0.2) is 0 Å². The van der Waals surface area contributed by atoms with Crippen LogP contribution in [0.2, 0.25) is 0 Å². The minimum atomic E-state index is 0.390. The Hall–Kier alpha value is -1.02. The first-order valence-corrected chi connectivity index (χ1v) is 7.50. The van der Waals surface area contributed by atoms with Crippen molar-refractivity contribution in [2.45, 2.75) is 53.0 Å². The molecule has 0 heterocycles. The molecule has 0 radical (unpaired) electrons. The Balaban J connectivity index is 2.93. The SMILES string of the molecule is CCCC(C)CC(NCC)c1cc(C)ccc1OC. The van der Waals surface area contributed by atoms with Gasteiger partial charge in [-0.1, -0.05) is 51.3 Å². The number of hydrogen-bond donors (Lipinski definition) is 1. The summed E-state index contributed by atoms with van der Waals surface area (Å²) in [6, 6.07) is 6.84. The first kappa shape index (κ1) is 16.0. The van der Waals surface area contributed by atoms with Crippen LogP contribution in [0.1, 0.15) is 57.2 Å². The van der Waals surface area contributed by atoms with Crippen LogP contribution in [0.15, 0.2) is 18.2 Å². The van der Waals surface area contributed by atoms with E-state index in [-0.39, 0.29) is 0 Å². The summed E-state index contributed by atoms with van der Waals surface area (Å²) >= 11 is 0. The molecule has 2 heteroatoms. The van der Waals surface area contributed by atoms with Gasteiger partial charge in [0.2, 0.25) is 0 Å². The maximum absolute atomic E-state index is 5.53. The van der Waals surface area contributed by atoms with Crippen LogP contribution >= 0.6 is 0 Å². The molecule has 108 valence electrons. The van der Waals surface area contributed by atoms with Crippen LogP contribution in [-0.2, 0) is 0 Å². The molecule has 19 heavy (non-hydrogen) atoms. The second-order valence-electron chi connectivity index (χ2n) is 5.49. The van der Waals surface area contributed by atoms with Gasteiger partial charge in [0.05, 0.1) is 7.11 Å². The fourth-order valence-corrected chi connectivity index (χ4v) is 2.71. The third-order valence-electron chi connectivity index (χ3n) is 3.63. The molecule has 2 nitrogen and oxygen atoms in total. The Kier molecular flexibility index (Phi) is 6.93. The summed E-state index contributed by atoms with van der Waals surface area (Å²) in [6.45, 7) is 9.89. The molecule has 0 fully saturated rings. The molecule has 2 atom stereocenters. The van der Waals surface area contributed by atoms with E-state index in [1.165, 1.54) is 30.4 Å². The van der Waals surface area contributed by atoms with Gasteiger partial charge in [0.25, 0.3) is 0 Å². The molecule has 1 N–H and O–H groups in total. The van der Waals surface area contributed by atoms with Crippen LogP contribution in [0.5, 0.6) is 5.75 Å². The lowest BCUT2D eigenvalue weighted by atomic mass is 9.91. The van der Waals surface area contributed by atoms with Crippen LogP contribution in [-0.4, -0.2) is 13.7 Å². The Morgan fingerprint density at radius 1 is 1.26 bits per heavy atom. The van der Waals surface area contributed by atoms with Gasteiger partial charge in [-0.2, -0.15) is 0 Å². The first-order valence-electron chi connectivity index (χ1n) is 7.50. The molecule has 1 aromatic carbocycles. The van der Waals surface area contributed by atoms with Crippen molar-refractivity contribution in [2.75, 3.05) is 13.7 Å². The van der Waals surface area contributed by atoms with Gasteiger partial charge >= 0.3 is 0 Å². The van der Waals surface area contributed by atoms with Crippen LogP contribution in [0.4, 0.5) is 0 Å². The van der Waals surface area contributed by atoms with E-state index in [2.05, 4.69) is 51.2 Å². The minimum absolute atomic E-state index is 0.390. The van der Waals surface area contributed by atoms with E-state index in [4.69, 9.17) is 4.74 Å². The summed E-state index contributed by atoms with van der Waals surface area (Å²) in [5, 5.41) is 3.61. The van der Waals surface area contributed by atoms with Crippen molar-refractivity contribution < 1.29 is 4.74 Å². The van der Waals surface area contributed by atoms with E-state index in [0.717, 1.165) is 18.2 Å².